The summed E-state index contributed by atoms with van der Waals surface area (Å²) in [5.41, 5.74) is 3.44. The molecular formula is C17H20N4O2. The van der Waals surface area contributed by atoms with Gasteiger partial charge >= 0.3 is 0 Å². The molecule has 0 aliphatic carbocycles. The van der Waals surface area contributed by atoms with E-state index >= 15 is 0 Å². The predicted octanol–water partition coefficient (Wildman–Crippen LogP) is 1.95. The molecule has 0 atom stereocenters. The molecule has 3 heterocycles. The number of nitrogens with zero attached hydrogens (tertiary/aromatic N) is 4. The maximum atomic E-state index is 12.6. The van der Waals surface area contributed by atoms with E-state index in [1.165, 1.54) is 0 Å². The lowest BCUT2D eigenvalue weighted by Crippen LogP contribution is -2.38. The summed E-state index contributed by atoms with van der Waals surface area (Å²) in [6.07, 6.45) is 5.16. The van der Waals surface area contributed by atoms with Gasteiger partial charge in [0.25, 0.3) is 5.91 Å². The third-order valence-corrected chi connectivity index (χ3v) is 3.90. The number of carbonyl (C=O) groups is 1. The Hall–Kier alpha value is -2.47. The summed E-state index contributed by atoms with van der Waals surface area (Å²) in [6.45, 7) is 8.42. The molecule has 0 N–H and O–H groups in total. The van der Waals surface area contributed by atoms with Crippen molar-refractivity contribution >= 4 is 5.91 Å². The summed E-state index contributed by atoms with van der Waals surface area (Å²) in [6, 6.07) is 3.68. The Kier molecular flexibility index (Phi) is 4.52. The van der Waals surface area contributed by atoms with E-state index in [2.05, 4.69) is 21.1 Å². The van der Waals surface area contributed by atoms with Gasteiger partial charge in [-0.2, -0.15) is 0 Å². The summed E-state index contributed by atoms with van der Waals surface area (Å²) >= 11 is 0. The van der Waals surface area contributed by atoms with Crippen molar-refractivity contribution in [2.24, 2.45) is 0 Å². The predicted molar refractivity (Wildman–Crippen MR) is 85.8 cm³/mol. The molecule has 6 heteroatoms. The number of pyridine rings is 1. The Morgan fingerprint density at radius 2 is 2.26 bits per heavy atom. The van der Waals surface area contributed by atoms with E-state index in [4.69, 9.17) is 4.74 Å². The van der Waals surface area contributed by atoms with Gasteiger partial charge in [-0.3, -0.25) is 9.78 Å². The molecule has 120 valence electrons. The van der Waals surface area contributed by atoms with Crippen LogP contribution < -0.4 is 0 Å². The molecule has 23 heavy (non-hydrogen) atoms. The first-order valence-electron chi connectivity index (χ1n) is 7.62. The molecule has 2 aromatic rings. The smallest absolute Gasteiger partial charge is 0.255 e. The van der Waals surface area contributed by atoms with E-state index < -0.39 is 0 Å². The van der Waals surface area contributed by atoms with Crippen LogP contribution >= 0.6 is 0 Å². The highest BCUT2D eigenvalue weighted by atomic mass is 16.5. The van der Waals surface area contributed by atoms with Crippen LogP contribution in [0.15, 0.2) is 37.3 Å². The fourth-order valence-electron chi connectivity index (χ4n) is 2.62. The third kappa shape index (κ3) is 3.32. The van der Waals surface area contributed by atoms with E-state index in [1.807, 2.05) is 30.3 Å². The van der Waals surface area contributed by atoms with Crippen molar-refractivity contribution in [2.75, 3.05) is 13.2 Å². The number of hydrogen-bond donors (Lipinski definition) is 0. The lowest BCUT2D eigenvalue weighted by molar-refractivity contribution is 0.0706. The average Bonchev–Trinajstić information content (AvgIpc) is 2.97. The van der Waals surface area contributed by atoms with Crippen LogP contribution in [0.2, 0.25) is 0 Å². The van der Waals surface area contributed by atoms with Crippen LogP contribution in [0.1, 0.15) is 27.4 Å². The van der Waals surface area contributed by atoms with Crippen LogP contribution in [0, 0.1) is 6.92 Å². The van der Waals surface area contributed by atoms with E-state index in [0.717, 1.165) is 23.6 Å². The molecule has 0 fully saturated rings. The average molecular weight is 312 g/mol. The normalized spacial score (nSPS) is 13.7. The van der Waals surface area contributed by atoms with Crippen LogP contribution in [0.25, 0.3) is 0 Å². The van der Waals surface area contributed by atoms with Crippen LogP contribution in [0.5, 0.6) is 0 Å². The van der Waals surface area contributed by atoms with E-state index in [9.17, 15) is 4.79 Å². The molecule has 0 unspecified atom stereocenters. The minimum absolute atomic E-state index is 0.00269. The maximum Gasteiger partial charge on any atom is 0.255 e. The molecule has 0 radical (unpaired) electrons. The first kappa shape index (κ1) is 15.4. The number of rotatable bonds is 5. The van der Waals surface area contributed by atoms with Gasteiger partial charge in [0, 0.05) is 25.0 Å². The first-order valence-corrected chi connectivity index (χ1v) is 7.62. The lowest BCUT2D eigenvalue weighted by Gasteiger charge is -2.28. The minimum atomic E-state index is 0.00269. The van der Waals surface area contributed by atoms with Crippen molar-refractivity contribution in [1.29, 1.82) is 0 Å². The Morgan fingerprint density at radius 3 is 3.00 bits per heavy atom. The SMILES string of the molecule is C=CCOCc1ncn2c1CN(C(=O)c1ccc(C)nc1)CC2. The van der Waals surface area contributed by atoms with Gasteiger partial charge in [0.05, 0.1) is 43.0 Å². The van der Waals surface area contributed by atoms with Gasteiger partial charge in [-0.1, -0.05) is 6.08 Å². The quantitative estimate of drug-likeness (QED) is 0.625. The van der Waals surface area contributed by atoms with Crippen LogP contribution in [-0.4, -0.2) is 38.5 Å². The summed E-state index contributed by atoms with van der Waals surface area (Å²) in [4.78, 5) is 23.1. The van der Waals surface area contributed by atoms with Crippen molar-refractivity contribution in [3.8, 4) is 0 Å². The Bertz CT molecular complexity index is 706. The highest BCUT2D eigenvalue weighted by Gasteiger charge is 2.24. The minimum Gasteiger partial charge on any atom is -0.371 e. The summed E-state index contributed by atoms with van der Waals surface area (Å²) in [5, 5.41) is 0. The zero-order chi connectivity index (χ0) is 16.2. The number of aryl methyl sites for hydroxylation is 1. The van der Waals surface area contributed by atoms with E-state index in [0.29, 0.717) is 31.9 Å². The van der Waals surface area contributed by atoms with Crippen LogP contribution in [-0.2, 0) is 24.4 Å². The fourth-order valence-corrected chi connectivity index (χ4v) is 2.62. The van der Waals surface area contributed by atoms with Gasteiger partial charge in [-0.05, 0) is 19.1 Å². The molecule has 1 amide bonds. The number of ether oxygens (including phenoxy) is 1. The Labute approximate surface area is 135 Å². The summed E-state index contributed by atoms with van der Waals surface area (Å²) < 4.78 is 7.57. The molecule has 0 bridgehead atoms. The molecular weight excluding hydrogens is 292 g/mol. The van der Waals surface area contributed by atoms with Crippen molar-refractivity contribution < 1.29 is 9.53 Å². The van der Waals surface area contributed by atoms with Crippen molar-refractivity contribution in [3.05, 3.63) is 60.0 Å². The number of hydrogen-bond acceptors (Lipinski definition) is 4. The summed E-state index contributed by atoms with van der Waals surface area (Å²) in [7, 11) is 0. The number of imidazole rings is 1. The standard InChI is InChI=1S/C17H20N4O2/c1-3-8-23-11-15-16-10-20(6-7-21(16)12-19-15)17(22)14-5-4-13(2)18-9-14/h3-5,9,12H,1,6-8,10-11H2,2H3. The second-order valence-electron chi connectivity index (χ2n) is 5.55. The number of carbonyl (C=O) groups excluding carboxylic acids is 1. The van der Waals surface area contributed by atoms with E-state index in [-0.39, 0.29) is 5.91 Å². The molecule has 0 spiro atoms. The second-order valence-corrected chi connectivity index (χ2v) is 5.55. The van der Waals surface area contributed by atoms with Gasteiger partial charge in [0.15, 0.2) is 0 Å². The van der Waals surface area contributed by atoms with Gasteiger partial charge < -0.3 is 14.2 Å². The molecule has 0 aromatic carbocycles. The highest BCUT2D eigenvalue weighted by Crippen LogP contribution is 2.19. The number of amides is 1. The highest BCUT2D eigenvalue weighted by molar-refractivity contribution is 5.93. The topological polar surface area (TPSA) is 60.2 Å². The van der Waals surface area contributed by atoms with Crippen molar-refractivity contribution in [3.63, 3.8) is 0 Å². The third-order valence-electron chi connectivity index (χ3n) is 3.90. The second kappa shape index (κ2) is 6.75. The fraction of sp³-hybridized carbons (Fsp3) is 0.353. The summed E-state index contributed by atoms with van der Waals surface area (Å²) in [5.74, 6) is 0.00269. The molecule has 0 saturated carbocycles. The Morgan fingerprint density at radius 1 is 1.39 bits per heavy atom. The monoisotopic (exact) mass is 312 g/mol. The molecule has 3 rings (SSSR count). The zero-order valence-electron chi connectivity index (χ0n) is 13.2. The van der Waals surface area contributed by atoms with Gasteiger partial charge in [-0.15, -0.1) is 6.58 Å². The van der Waals surface area contributed by atoms with Crippen LogP contribution in [0.4, 0.5) is 0 Å². The maximum absolute atomic E-state index is 12.6. The number of fused-ring (bicyclic) bond motifs is 1. The van der Waals surface area contributed by atoms with Gasteiger partial charge in [0.1, 0.15) is 0 Å². The van der Waals surface area contributed by atoms with Crippen molar-refractivity contribution in [1.82, 2.24) is 19.4 Å². The molecule has 0 saturated heterocycles. The van der Waals surface area contributed by atoms with Gasteiger partial charge in [0.2, 0.25) is 0 Å². The number of aromatic nitrogens is 3. The van der Waals surface area contributed by atoms with Crippen LogP contribution in [0.3, 0.4) is 0 Å². The zero-order valence-corrected chi connectivity index (χ0v) is 13.2. The lowest BCUT2D eigenvalue weighted by atomic mass is 10.2. The molecule has 1 aliphatic rings. The largest absolute Gasteiger partial charge is 0.371 e. The van der Waals surface area contributed by atoms with Crippen molar-refractivity contribution in [2.45, 2.75) is 26.6 Å². The Balaban J connectivity index is 1.73. The first-order chi connectivity index (χ1) is 11.2. The molecule has 1 aliphatic heterocycles. The van der Waals surface area contributed by atoms with Gasteiger partial charge in [-0.25, -0.2) is 4.98 Å². The molecule has 2 aromatic heterocycles. The molecule has 6 nitrogen and oxygen atoms in total. The van der Waals surface area contributed by atoms with E-state index in [1.54, 1.807) is 12.3 Å².